The third kappa shape index (κ3) is 4.54. The van der Waals surface area contributed by atoms with Gasteiger partial charge in [-0.2, -0.15) is 0 Å². The van der Waals surface area contributed by atoms with E-state index < -0.39 is 5.54 Å². The van der Waals surface area contributed by atoms with Gasteiger partial charge in [0.05, 0.1) is 0 Å². The van der Waals surface area contributed by atoms with Gasteiger partial charge in [-0.3, -0.25) is 9.69 Å². The second kappa shape index (κ2) is 9.92. The van der Waals surface area contributed by atoms with Crippen LogP contribution in [-0.2, 0) is 10.3 Å². The molecular weight excluding hydrogens is 436 g/mol. The van der Waals surface area contributed by atoms with Crippen LogP contribution in [0.4, 0.5) is 10.5 Å². The molecule has 0 saturated carbocycles. The Morgan fingerprint density at radius 3 is 2.06 bits per heavy atom. The van der Waals surface area contributed by atoms with Crippen molar-refractivity contribution in [2.24, 2.45) is 0 Å². The summed E-state index contributed by atoms with van der Waals surface area (Å²) in [4.78, 5) is 30.7. The fraction of sp³-hybridized carbons (Fsp3) is 0.310. The van der Waals surface area contributed by atoms with Crippen LogP contribution in [0.3, 0.4) is 0 Å². The quantitative estimate of drug-likeness (QED) is 0.400. The van der Waals surface area contributed by atoms with Gasteiger partial charge >= 0.3 is 6.03 Å². The smallest absolute Gasteiger partial charge is 0.325 e. The number of benzene rings is 3. The van der Waals surface area contributed by atoms with Crippen molar-refractivity contribution in [3.05, 3.63) is 102 Å². The highest BCUT2D eigenvalue weighted by Gasteiger charge is 2.53. The van der Waals surface area contributed by atoms with Gasteiger partial charge < -0.3 is 16.0 Å². The molecule has 3 N–H and O–H groups in total. The minimum Gasteiger partial charge on any atom is -0.399 e. The number of nitrogens with two attached hydrogens (primary N) is 1. The third-order valence-electron chi connectivity index (χ3n) is 7.37. The number of amides is 3. The van der Waals surface area contributed by atoms with Crippen molar-refractivity contribution >= 4 is 17.6 Å². The molecule has 0 bridgehead atoms. The fourth-order valence-electron chi connectivity index (χ4n) is 5.43. The summed E-state index contributed by atoms with van der Waals surface area (Å²) in [5.74, 6) is 0.381. The van der Waals surface area contributed by atoms with Gasteiger partial charge in [-0.05, 0) is 73.6 Å². The molecule has 180 valence electrons. The molecule has 0 aromatic heterocycles. The number of nitrogens with one attached hydrogen (secondary N) is 1. The van der Waals surface area contributed by atoms with Gasteiger partial charge in [0.2, 0.25) is 0 Å². The molecule has 0 spiro atoms. The number of nitrogens with zero attached hydrogens (tertiary/aromatic N) is 2. The first kappa shape index (κ1) is 23.1. The summed E-state index contributed by atoms with van der Waals surface area (Å²) in [7, 11) is 0. The normalized spacial score (nSPS) is 21.3. The van der Waals surface area contributed by atoms with Crippen LogP contribution in [0.15, 0.2) is 84.9 Å². The van der Waals surface area contributed by atoms with Gasteiger partial charge in [0, 0.05) is 12.2 Å². The topological polar surface area (TPSA) is 78.7 Å². The van der Waals surface area contributed by atoms with E-state index in [-0.39, 0.29) is 11.9 Å². The fourth-order valence-corrected chi connectivity index (χ4v) is 5.43. The van der Waals surface area contributed by atoms with Gasteiger partial charge in [-0.1, -0.05) is 72.8 Å². The van der Waals surface area contributed by atoms with Crippen LogP contribution in [0.25, 0.3) is 0 Å². The molecule has 1 unspecified atom stereocenters. The van der Waals surface area contributed by atoms with Gasteiger partial charge in [-0.25, -0.2) is 4.79 Å². The summed E-state index contributed by atoms with van der Waals surface area (Å²) in [6.45, 7) is 3.35. The average molecular weight is 469 g/mol. The van der Waals surface area contributed by atoms with E-state index >= 15 is 0 Å². The number of hydrogen-bond donors (Lipinski definition) is 2. The number of piperidine rings is 1. The third-order valence-corrected chi connectivity index (χ3v) is 7.37. The molecule has 2 aliphatic rings. The Morgan fingerprint density at radius 2 is 1.40 bits per heavy atom. The summed E-state index contributed by atoms with van der Waals surface area (Å²) in [6.07, 6.45) is 3.03. The minimum atomic E-state index is -1.24. The first-order valence-electron chi connectivity index (χ1n) is 12.4. The maximum Gasteiger partial charge on any atom is 0.325 e. The van der Waals surface area contributed by atoms with Gasteiger partial charge in [-0.15, -0.1) is 0 Å². The highest BCUT2D eigenvalue weighted by molar-refractivity contribution is 6.09. The highest BCUT2D eigenvalue weighted by atomic mass is 16.2. The summed E-state index contributed by atoms with van der Waals surface area (Å²) < 4.78 is 0. The molecule has 1 atom stereocenters. The van der Waals surface area contributed by atoms with Gasteiger partial charge in [0.1, 0.15) is 0 Å². The predicted molar refractivity (Wildman–Crippen MR) is 138 cm³/mol. The molecule has 5 rings (SSSR count). The maximum atomic E-state index is 13.8. The zero-order valence-electron chi connectivity index (χ0n) is 19.9. The number of hydrogen-bond acceptors (Lipinski definition) is 4. The zero-order chi connectivity index (χ0) is 24.3. The molecule has 2 aliphatic heterocycles. The molecule has 6 nitrogen and oxygen atoms in total. The Labute approximate surface area is 206 Å². The van der Waals surface area contributed by atoms with E-state index in [9.17, 15) is 9.59 Å². The van der Waals surface area contributed by atoms with Gasteiger partial charge in [0.15, 0.2) is 5.54 Å². The minimum absolute atomic E-state index is 0.235. The van der Waals surface area contributed by atoms with Crippen LogP contribution < -0.4 is 11.1 Å². The van der Waals surface area contributed by atoms with Crippen molar-refractivity contribution in [2.75, 3.05) is 31.9 Å². The van der Waals surface area contributed by atoms with Crippen LogP contribution in [0.2, 0.25) is 0 Å². The van der Waals surface area contributed by atoms with E-state index in [1.807, 2.05) is 42.5 Å². The van der Waals surface area contributed by atoms with Crippen molar-refractivity contribution in [3.63, 3.8) is 0 Å². The molecule has 0 radical (unpaired) electrons. The number of carbonyl (C=O) groups excluding carboxylic acids is 2. The number of imide groups is 1. The van der Waals surface area contributed by atoms with E-state index in [4.69, 9.17) is 5.73 Å². The number of nitrogen functional groups attached to an aromatic ring is 1. The Kier molecular flexibility index (Phi) is 6.55. The van der Waals surface area contributed by atoms with E-state index in [1.54, 1.807) is 12.1 Å². The number of anilines is 1. The summed E-state index contributed by atoms with van der Waals surface area (Å²) in [5, 5.41) is 3.01. The summed E-state index contributed by atoms with van der Waals surface area (Å²) in [5.41, 5.74) is 8.14. The molecule has 3 aromatic rings. The summed E-state index contributed by atoms with van der Waals surface area (Å²) >= 11 is 0. The second-order valence-electron chi connectivity index (χ2n) is 9.51. The number of rotatable bonds is 7. The zero-order valence-corrected chi connectivity index (χ0v) is 19.9. The molecule has 2 heterocycles. The standard InChI is InChI=1S/C29H32N4O2/c30-26-14-12-25(13-15-26)29(24-10-5-2-6-11-24)27(34)33(28(35)31-29)19-7-18-32-20-16-23(17-21-32)22-8-3-1-4-9-22/h1-6,8-15,23H,7,16-21,30H2,(H,31,35). The Balaban J connectivity index is 1.25. The monoisotopic (exact) mass is 468 g/mol. The number of urea groups is 1. The Bertz CT molecular complexity index is 1160. The SMILES string of the molecule is Nc1ccc(C2(c3ccccc3)NC(=O)N(CCCN3CCC(c4ccccc4)CC3)C2=O)cc1. The Morgan fingerprint density at radius 1 is 0.800 bits per heavy atom. The summed E-state index contributed by atoms with van der Waals surface area (Å²) in [6, 6.07) is 27.0. The first-order valence-corrected chi connectivity index (χ1v) is 12.4. The van der Waals surface area contributed by atoms with Crippen LogP contribution in [-0.4, -0.2) is 47.9 Å². The van der Waals surface area contributed by atoms with Crippen LogP contribution in [0, 0.1) is 0 Å². The average Bonchev–Trinajstić information content (AvgIpc) is 3.16. The van der Waals surface area contributed by atoms with E-state index in [0.717, 1.165) is 44.5 Å². The lowest BCUT2D eigenvalue weighted by Gasteiger charge is -2.32. The van der Waals surface area contributed by atoms with Gasteiger partial charge in [0.25, 0.3) is 5.91 Å². The number of likely N-dealkylation sites (tertiary alicyclic amines) is 1. The van der Waals surface area contributed by atoms with Crippen molar-refractivity contribution in [3.8, 4) is 0 Å². The molecule has 35 heavy (non-hydrogen) atoms. The van der Waals surface area contributed by atoms with E-state index in [1.165, 1.54) is 10.5 Å². The second-order valence-corrected chi connectivity index (χ2v) is 9.51. The van der Waals surface area contributed by atoms with Crippen LogP contribution in [0.5, 0.6) is 0 Å². The maximum absolute atomic E-state index is 13.8. The van der Waals surface area contributed by atoms with E-state index in [2.05, 4.69) is 40.5 Å². The van der Waals surface area contributed by atoms with Crippen LogP contribution >= 0.6 is 0 Å². The molecule has 6 heteroatoms. The number of carbonyl (C=O) groups is 2. The predicted octanol–water partition coefficient (Wildman–Crippen LogP) is 4.33. The van der Waals surface area contributed by atoms with Crippen molar-refractivity contribution < 1.29 is 9.59 Å². The van der Waals surface area contributed by atoms with Crippen molar-refractivity contribution in [1.29, 1.82) is 0 Å². The Hall–Kier alpha value is -3.64. The molecule has 3 aromatic carbocycles. The van der Waals surface area contributed by atoms with Crippen molar-refractivity contribution in [1.82, 2.24) is 15.1 Å². The van der Waals surface area contributed by atoms with E-state index in [0.29, 0.717) is 23.7 Å². The molecule has 0 aliphatic carbocycles. The van der Waals surface area contributed by atoms with Crippen LogP contribution in [0.1, 0.15) is 41.9 Å². The van der Waals surface area contributed by atoms with Crippen molar-refractivity contribution in [2.45, 2.75) is 30.7 Å². The lowest BCUT2D eigenvalue weighted by Crippen LogP contribution is -2.45. The highest BCUT2D eigenvalue weighted by Crippen LogP contribution is 2.36. The molecule has 2 fully saturated rings. The first-order chi connectivity index (χ1) is 17.1. The molecular formula is C29H32N4O2. The largest absolute Gasteiger partial charge is 0.399 e. The molecule has 3 amide bonds. The molecule has 2 saturated heterocycles. The lowest BCUT2D eigenvalue weighted by molar-refractivity contribution is -0.130. The lowest BCUT2D eigenvalue weighted by atomic mass is 9.82.